The monoisotopic (exact) mass is 221 g/mol. The third-order valence-corrected chi connectivity index (χ3v) is 2.68. The lowest BCUT2D eigenvalue weighted by Crippen LogP contribution is -1.72. The summed E-state index contributed by atoms with van der Waals surface area (Å²) in [5.41, 5.74) is 0. The molecule has 0 bridgehead atoms. The highest BCUT2D eigenvalue weighted by Gasteiger charge is 1.83. The standard InChI is InChI=1S/C16H29/c1-3-5-7-9-11-13-15-16-14-12-10-8-6-4-2/h11-14H,1,3-10,15-16H2,2H3/b13-11+,14-12+. The predicted octanol–water partition coefficient (Wildman–Crippen LogP) is 5.85. The Morgan fingerprint density at radius 1 is 0.688 bits per heavy atom. The molecule has 0 aromatic heterocycles. The molecule has 0 rings (SSSR count). The van der Waals surface area contributed by atoms with Crippen LogP contribution in [0.15, 0.2) is 24.3 Å². The summed E-state index contributed by atoms with van der Waals surface area (Å²) >= 11 is 0. The molecule has 0 amide bonds. The molecule has 0 saturated heterocycles. The van der Waals surface area contributed by atoms with Crippen LogP contribution in [0.25, 0.3) is 0 Å². The number of unbranched alkanes of at least 4 members (excludes halogenated alkanes) is 7. The molecule has 0 spiro atoms. The smallest absolute Gasteiger partial charge is 0.0316 e. The van der Waals surface area contributed by atoms with E-state index in [-0.39, 0.29) is 0 Å². The van der Waals surface area contributed by atoms with E-state index in [1.807, 2.05) is 0 Å². The van der Waals surface area contributed by atoms with E-state index >= 15 is 0 Å². The van der Waals surface area contributed by atoms with Crippen molar-refractivity contribution in [3.8, 4) is 0 Å². The van der Waals surface area contributed by atoms with E-state index in [0.29, 0.717) is 0 Å². The molecular formula is C16H29. The Morgan fingerprint density at radius 3 is 1.69 bits per heavy atom. The van der Waals surface area contributed by atoms with Crippen LogP contribution in [-0.4, -0.2) is 0 Å². The molecule has 0 atom stereocenters. The maximum absolute atomic E-state index is 3.84. The van der Waals surface area contributed by atoms with Crippen LogP contribution in [-0.2, 0) is 0 Å². The molecule has 0 heteroatoms. The fraction of sp³-hybridized carbons (Fsp3) is 0.688. The van der Waals surface area contributed by atoms with Crippen LogP contribution in [0.1, 0.15) is 71.1 Å². The largest absolute Gasteiger partial charge is 0.0885 e. The highest BCUT2D eigenvalue weighted by molar-refractivity contribution is 4.88. The maximum atomic E-state index is 3.84. The van der Waals surface area contributed by atoms with Crippen molar-refractivity contribution in [1.29, 1.82) is 0 Å². The van der Waals surface area contributed by atoms with Gasteiger partial charge in [0.15, 0.2) is 0 Å². The molecule has 93 valence electrons. The summed E-state index contributed by atoms with van der Waals surface area (Å²) in [7, 11) is 0. The summed E-state index contributed by atoms with van der Waals surface area (Å²) in [4.78, 5) is 0. The Balaban J connectivity index is 3.12. The molecule has 0 aliphatic heterocycles. The van der Waals surface area contributed by atoms with E-state index < -0.39 is 0 Å². The van der Waals surface area contributed by atoms with Gasteiger partial charge in [-0.25, -0.2) is 0 Å². The Bertz CT molecular complexity index is 145. The molecule has 0 N–H and O–H groups in total. The lowest BCUT2D eigenvalue weighted by Gasteiger charge is -1.92. The summed E-state index contributed by atoms with van der Waals surface area (Å²) in [6, 6.07) is 0. The third-order valence-electron chi connectivity index (χ3n) is 2.68. The first kappa shape index (κ1) is 15.5. The number of allylic oxidation sites excluding steroid dienone is 4. The first-order chi connectivity index (χ1) is 7.91. The molecule has 0 aliphatic rings. The van der Waals surface area contributed by atoms with Gasteiger partial charge in [-0.2, -0.15) is 0 Å². The van der Waals surface area contributed by atoms with Gasteiger partial charge in [-0.3, -0.25) is 0 Å². The molecule has 0 aromatic rings. The Morgan fingerprint density at radius 2 is 1.19 bits per heavy atom. The van der Waals surface area contributed by atoms with Gasteiger partial charge in [0.05, 0.1) is 0 Å². The molecule has 0 saturated carbocycles. The van der Waals surface area contributed by atoms with Gasteiger partial charge in [-0.1, -0.05) is 63.8 Å². The summed E-state index contributed by atoms with van der Waals surface area (Å²) < 4.78 is 0. The molecule has 0 aromatic carbocycles. The van der Waals surface area contributed by atoms with E-state index in [2.05, 4.69) is 38.2 Å². The van der Waals surface area contributed by atoms with Crippen LogP contribution in [0, 0.1) is 6.92 Å². The van der Waals surface area contributed by atoms with Gasteiger partial charge in [0.2, 0.25) is 0 Å². The van der Waals surface area contributed by atoms with Crippen molar-refractivity contribution in [2.45, 2.75) is 71.1 Å². The molecule has 0 unspecified atom stereocenters. The van der Waals surface area contributed by atoms with Crippen molar-refractivity contribution in [1.82, 2.24) is 0 Å². The van der Waals surface area contributed by atoms with Crippen molar-refractivity contribution in [2.75, 3.05) is 0 Å². The van der Waals surface area contributed by atoms with Crippen molar-refractivity contribution in [2.24, 2.45) is 0 Å². The van der Waals surface area contributed by atoms with Crippen molar-refractivity contribution < 1.29 is 0 Å². The second kappa shape index (κ2) is 14.5. The summed E-state index contributed by atoms with van der Waals surface area (Å²) in [6.45, 7) is 6.09. The quantitative estimate of drug-likeness (QED) is 0.303. The molecule has 0 nitrogen and oxygen atoms in total. The molecular weight excluding hydrogens is 192 g/mol. The average molecular weight is 221 g/mol. The minimum absolute atomic E-state index is 1.08. The first-order valence-corrected chi connectivity index (χ1v) is 7.01. The van der Waals surface area contributed by atoms with Crippen LogP contribution in [0.2, 0.25) is 0 Å². The molecule has 0 heterocycles. The Kier molecular flexibility index (Phi) is 14.0. The second-order valence-corrected chi connectivity index (χ2v) is 4.37. The van der Waals surface area contributed by atoms with Gasteiger partial charge in [0.25, 0.3) is 0 Å². The number of rotatable bonds is 11. The van der Waals surface area contributed by atoms with Gasteiger partial charge in [-0.05, 0) is 38.5 Å². The third kappa shape index (κ3) is 13.5. The van der Waals surface area contributed by atoms with Gasteiger partial charge in [0, 0.05) is 0 Å². The Labute approximate surface area is 103 Å². The van der Waals surface area contributed by atoms with Gasteiger partial charge in [-0.15, -0.1) is 0 Å². The van der Waals surface area contributed by atoms with E-state index in [0.717, 1.165) is 6.42 Å². The van der Waals surface area contributed by atoms with E-state index in [1.165, 1.54) is 57.8 Å². The van der Waals surface area contributed by atoms with Gasteiger partial charge >= 0.3 is 0 Å². The van der Waals surface area contributed by atoms with Crippen molar-refractivity contribution in [3.63, 3.8) is 0 Å². The zero-order chi connectivity index (χ0) is 11.9. The van der Waals surface area contributed by atoms with Gasteiger partial charge in [0.1, 0.15) is 0 Å². The predicted molar refractivity (Wildman–Crippen MR) is 75.5 cm³/mol. The second-order valence-electron chi connectivity index (χ2n) is 4.37. The highest BCUT2D eigenvalue weighted by atomic mass is 13.9. The molecule has 1 radical (unpaired) electrons. The highest BCUT2D eigenvalue weighted by Crippen LogP contribution is 2.03. The fourth-order valence-corrected chi connectivity index (χ4v) is 1.62. The summed E-state index contributed by atoms with van der Waals surface area (Å²) in [5.74, 6) is 0. The van der Waals surface area contributed by atoms with Crippen molar-refractivity contribution >= 4 is 0 Å². The lowest BCUT2D eigenvalue weighted by atomic mass is 10.1. The fourth-order valence-electron chi connectivity index (χ4n) is 1.62. The molecule has 0 aliphatic carbocycles. The van der Waals surface area contributed by atoms with E-state index in [9.17, 15) is 0 Å². The van der Waals surface area contributed by atoms with Crippen LogP contribution in [0.5, 0.6) is 0 Å². The molecule has 0 fully saturated rings. The Hall–Kier alpha value is -0.520. The minimum atomic E-state index is 1.08. The summed E-state index contributed by atoms with van der Waals surface area (Å²) in [6.07, 6.45) is 21.9. The number of hydrogen-bond acceptors (Lipinski definition) is 0. The van der Waals surface area contributed by atoms with Crippen LogP contribution < -0.4 is 0 Å². The van der Waals surface area contributed by atoms with Crippen molar-refractivity contribution in [3.05, 3.63) is 31.2 Å². The van der Waals surface area contributed by atoms with E-state index in [1.54, 1.807) is 0 Å². The van der Waals surface area contributed by atoms with Gasteiger partial charge < -0.3 is 0 Å². The topological polar surface area (TPSA) is 0 Å². The molecule has 16 heavy (non-hydrogen) atoms. The number of hydrogen-bond donors (Lipinski definition) is 0. The van der Waals surface area contributed by atoms with Crippen LogP contribution in [0.4, 0.5) is 0 Å². The normalized spacial score (nSPS) is 11.9. The van der Waals surface area contributed by atoms with E-state index in [4.69, 9.17) is 0 Å². The van der Waals surface area contributed by atoms with Crippen LogP contribution in [0.3, 0.4) is 0 Å². The van der Waals surface area contributed by atoms with Crippen LogP contribution >= 0.6 is 0 Å². The SMILES string of the molecule is [CH2]CCCC/C=C/CC/C=C/CCCCC. The zero-order valence-electron chi connectivity index (χ0n) is 11.1. The first-order valence-electron chi connectivity index (χ1n) is 7.01. The lowest BCUT2D eigenvalue weighted by molar-refractivity contribution is 0.728. The maximum Gasteiger partial charge on any atom is -0.0316 e. The average Bonchev–Trinajstić information content (AvgIpc) is 2.31. The summed E-state index contributed by atoms with van der Waals surface area (Å²) in [5, 5.41) is 0. The minimum Gasteiger partial charge on any atom is -0.0885 e. The zero-order valence-corrected chi connectivity index (χ0v) is 11.1.